The molecule has 0 saturated carbocycles. The van der Waals surface area contributed by atoms with E-state index in [1.54, 1.807) is 0 Å². The molecule has 5 N–H and O–H groups in total. The molecule has 0 unspecified atom stereocenters. The molecule has 86 valence electrons. The van der Waals surface area contributed by atoms with Gasteiger partial charge in [0.2, 0.25) is 5.95 Å². The van der Waals surface area contributed by atoms with Gasteiger partial charge in [-0.25, -0.2) is 0 Å². The number of nitrogen functional groups attached to an aromatic ring is 2. The van der Waals surface area contributed by atoms with Crippen molar-refractivity contribution in [2.45, 2.75) is 27.2 Å². The summed E-state index contributed by atoms with van der Waals surface area (Å²) < 4.78 is 0. The number of aromatic amines is 1. The first-order valence-corrected chi connectivity index (χ1v) is 5.26. The Morgan fingerprint density at radius 2 is 1.94 bits per heavy atom. The normalized spacial score (nSPS) is 12.2. The molecule has 0 aliphatic heterocycles. The first-order chi connectivity index (χ1) is 7.37. The molecule has 0 aliphatic rings. The maximum atomic E-state index is 5.87. The van der Waals surface area contributed by atoms with Crippen LogP contribution in [-0.4, -0.2) is 15.0 Å². The summed E-state index contributed by atoms with van der Waals surface area (Å²) in [5.74, 6) is 0.650. The van der Waals surface area contributed by atoms with Crippen LogP contribution in [0, 0.1) is 5.41 Å². The lowest BCUT2D eigenvalue weighted by Gasteiger charge is -2.17. The molecule has 2 heterocycles. The van der Waals surface area contributed by atoms with Gasteiger partial charge in [-0.05, 0) is 17.4 Å². The molecular weight excluding hydrogens is 202 g/mol. The number of nitrogens with two attached hydrogens (primary N) is 2. The molecule has 0 aromatic carbocycles. The topological polar surface area (TPSA) is 93.6 Å². The van der Waals surface area contributed by atoms with Crippen LogP contribution < -0.4 is 11.5 Å². The molecule has 5 heteroatoms. The van der Waals surface area contributed by atoms with E-state index in [1.165, 1.54) is 0 Å². The SMILES string of the molecule is CC(C)(C)Cc1c[nH]c2nc(N)nc(N)c12. The van der Waals surface area contributed by atoms with Crippen LogP contribution in [0.2, 0.25) is 0 Å². The third kappa shape index (κ3) is 1.93. The predicted octanol–water partition coefficient (Wildman–Crippen LogP) is 1.71. The zero-order chi connectivity index (χ0) is 11.9. The molecule has 0 fully saturated rings. The van der Waals surface area contributed by atoms with Gasteiger partial charge in [-0.1, -0.05) is 20.8 Å². The fraction of sp³-hybridized carbons (Fsp3) is 0.455. The average Bonchev–Trinajstić information content (AvgIpc) is 2.44. The molecule has 0 saturated heterocycles. The van der Waals surface area contributed by atoms with Crippen LogP contribution >= 0.6 is 0 Å². The Morgan fingerprint density at radius 1 is 1.25 bits per heavy atom. The summed E-state index contributed by atoms with van der Waals surface area (Å²) >= 11 is 0. The van der Waals surface area contributed by atoms with Crippen LogP contribution in [0.1, 0.15) is 26.3 Å². The number of H-pyrrole nitrogens is 1. The second kappa shape index (κ2) is 3.37. The first-order valence-electron chi connectivity index (χ1n) is 5.26. The summed E-state index contributed by atoms with van der Waals surface area (Å²) in [7, 11) is 0. The van der Waals surface area contributed by atoms with E-state index in [-0.39, 0.29) is 11.4 Å². The Hall–Kier alpha value is -1.78. The minimum absolute atomic E-state index is 0.197. The van der Waals surface area contributed by atoms with Gasteiger partial charge in [0.05, 0.1) is 5.39 Å². The van der Waals surface area contributed by atoms with E-state index in [0.717, 1.165) is 17.4 Å². The molecule has 0 amide bonds. The number of anilines is 2. The van der Waals surface area contributed by atoms with Gasteiger partial charge in [0.25, 0.3) is 0 Å². The fourth-order valence-corrected chi connectivity index (χ4v) is 1.86. The summed E-state index contributed by atoms with van der Waals surface area (Å²) in [6.07, 6.45) is 2.85. The number of hydrogen-bond donors (Lipinski definition) is 3. The molecular formula is C11H17N5. The number of nitrogens with one attached hydrogen (secondary N) is 1. The lowest BCUT2D eigenvalue weighted by atomic mass is 9.88. The van der Waals surface area contributed by atoms with Gasteiger partial charge in [0.15, 0.2) is 0 Å². The second-order valence-electron chi connectivity index (χ2n) is 5.24. The smallest absolute Gasteiger partial charge is 0.223 e. The zero-order valence-electron chi connectivity index (χ0n) is 9.83. The van der Waals surface area contributed by atoms with Crippen LogP contribution in [0.5, 0.6) is 0 Å². The van der Waals surface area contributed by atoms with E-state index in [9.17, 15) is 0 Å². The molecule has 0 radical (unpaired) electrons. The number of aromatic nitrogens is 3. The van der Waals surface area contributed by atoms with Gasteiger partial charge in [0, 0.05) is 6.20 Å². The van der Waals surface area contributed by atoms with Gasteiger partial charge < -0.3 is 16.5 Å². The van der Waals surface area contributed by atoms with E-state index in [4.69, 9.17) is 11.5 Å². The van der Waals surface area contributed by atoms with Gasteiger partial charge in [-0.3, -0.25) is 0 Å². The number of fused-ring (bicyclic) bond motifs is 1. The van der Waals surface area contributed by atoms with Crippen LogP contribution in [0.15, 0.2) is 6.20 Å². The minimum Gasteiger partial charge on any atom is -0.383 e. The maximum Gasteiger partial charge on any atom is 0.223 e. The summed E-state index contributed by atoms with van der Waals surface area (Å²) in [5, 5.41) is 0.893. The van der Waals surface area contributed by atoms with Crippen molar-refractivity contribution in [3.8, 4) is 0 Å². The first kappa shape index (κ1) is 10.7. The van der Waals surface area contributed by atoms with Crippen molar-refractivity contribution in [1.82, 2.24) is 15.0 Å². The fourth-order valence-electron chi connectivity index (χ4n) is 1.86. The monoisotopic (exact) mass is 219 g/mol. The largest absolute Gasteiger partial charge is 0.383 e. The second-order valence-corrected chi connectivity index (χ2v) is 5.24. The van der Waals surface area contributed by atoms with Gasteiger partial charge in [0.1, 0.15) is 11.5 Å². The van der Waals surface area contributed by atoms with Crippen LogP contribution in [-0.2, 0) is 6.42 Å². The molecule has 0 atom stereocenters. The molecule has 0 spiro atoms. The Balaban J connectivity index is 2.56. The van der Waals surface area contributed by atoms with Crippen molar-refractivity contribution < 1.29 is 0 Å². The number of nitrogens with zero attached hydrogens (tertiary/aromatic N) is 2. The van der Waals surface area contributed by atoms with Crippen molar-refractivity contribution in [3.05, 3.63) is 11.8 Å². The summed E-state index contributed by atoms with van der Waals surface area (Å²) in [6.45, 7) is 6.54. The summed E-state index contributed by atoms with van der Waals surface area (Å²) in [5.41, 5.74) is 13.5. The quantitative estimate of drug-likeness (QED) is 0.680. The third-order valence-corrected chi connectivity index (χ3v) is 2.38. The summed E-state index contributed by atoms with van der Waals surface area (Å²) in [4.78, 5) is 11.2. The Kier molecular flexibility index (Phi) is 2.26. The molecule has 2 aromatic rings. The standard InChI is InChI=1S/C11H17N5/c1-11(2,3)4-6-5-14-9-7(6)8(12)15-10(13)16-9/h5H,4H2,1-3H3,(H5,12,13,14,15,16). The van der Waals surface area contributed by atoms with E-state index < -0.39 is 0 Å². The highest BCUT2D eigenvalue weighted by Crippen LogP contribution is 2.28. The summed E-state index contributed by atoms with van der Waals surface area (Å²) in [6, 6.07) is 0. The highest BCUT2D eigenvalue weighted by atomic mass is 15.1. The Bertz CT molecular complexity index is 521. The van der Waals surface area contributed by atoms with E-state index in [0.29, 0.717) is 11.5 Å². The van der Waals surface area contributed by atoms with Crippen LogP contribution in [0.25, 0.3) is 11.0 Å². The number of hydrogen-bond acceptors (Lipinski definition) is 4. The molecule has 2 aromatic heterocycles. The lowest BCUT2D eigenvalue weighted by molar-refractivity contribution is 0.412. The Morgan fingerprint density at radius 3 is 2.56 bits per heavy atom. The van der Waals surface area contributed by atoms with Crippen LogP contribution in [0.3, 0.4) is 0 Å². The van der Waals surface area contributed by atoms with Crippen molar-refractivity contribution >= 4 is 22.8 Å². The minimum atomic E-state index is 0.197. The van der Waals surface area contributed by atoms with Gasteiger partial charge >= 0.3 is 0 Å². The third-order valence-electron chi connectivity index (χ3n) is 2.38. The van der Waals surface area contributed by atoms with E-state index in [1.807, 2.05) is 6.20 Å². The highest BCUT2D eigenvalue weighted by molar-refractivity contribution is 5.90. The van der Waals surface area contributed by atoms with Crippen LogP contribution in [0.4, 0.5) is 11.8 Å². The van der Waals surface area contributed by atoms with Gasteiger partial charge in [-0.2, -0.15) is 9.97 Å². The van der Waals surface area contributed by atoms with Gasteiger partial charge in [-0.15, -0.1) is 0 Å². The molecule has 2 rings (SSSR count). The average molecular weight is 219 g/mol. The van der Waals surface area contributed by atoms with Crippen molar-refractivity contribution in [1.29, 1.82) is 0 Å². The molecule has 0 aliphatic carbocycles. The lowest BCUT2D eigenvalue weighted by Crippen LogP contribution is -2.09. The predicted molar refractivity (Wildman–Crippen MR) is 65.9 cm³/mol. The number of rotatable bonds is 1. The molecule has 5 nitrogen and oxygen atoms in total. The molecule has 16 heavy (non-hydrogen) atoms. The zero-order valence-corrected chi connectivity index (χ0v) is 9.83. The Labute approximate surface area is 94.3 Å². The van der Waals surface area contributed by atoms with E-state index >= 15 is 0 Å². The highest BCUT2D eigenvalue weighted by Gasteiger charge is 2.17. The van der Waals surface area contributed by atoms with Crippen molar-refractivity contribution in [2.24, 2.45) is 5.41 Å². The van der Waals surface area contributed by atoms with Crippen molar-refractivity contribution in [2.75, 3.05) is 11.5 Å². The van der Waals surface area contributed by atoms with E-state index in [2.05, 4.69) is 35.7 Å². The van der Waals surface area contributed by atoms with Crippen molar-refractivity contribution in [3.63, 3.8) is 0 Å². The maximum absolute atomic E-state index is 5.87. The molecule has 0 bridgehead atoms.